The highest BCUT2D eigenvalue weighted by atomic mass is 14.9. The zero-order valence-electron chi connectivity index (χ0n) is 13.5. The Balaban J connectivity index is 1.52. The largest absolute Gasteiger partial charge is 0.316 e. The Morgan fingerprint density at radius 1 is 1.05 bits per heavy atom. The minimum Gasteiger partial charge on any atom is -0.316 e. The van der Waals surface area contributed by atoms with E-state index < -0.39 is 0 Å². The summed E-state index contributed by atoms with van der Waals surface area (Å²) in [5.41, 5.74) is 3.32. The molecule has 3 aliphatic rings. The van der Waals surface area contributed by atoms with Gasteiger partial charge in [-0.3, -0.25) is 0 Å². The molecule has 0 heterocycles. The van der Waals surface area contributed by atoms with Gasteiger partial charge in [-0.1, -0.05) is 44.0 Å². The molecule has 114 valence electrons. The summed E-state index contributed by atoms with van der Waals surface area (Å²) in [5, 5.41) is 3.74. The molecular formula is C20H29N. The molecule has 1 aromatic carbocycles. The van der Waals surface area contributed by atoms with Crippen LogP contribution in [0.3, 0.4) is 0 Å². The molecule has 2 fully saturated rings. The van der Waals surface area contributed by atoms with E-state index >= 15 is 0 Å². The van der Waals surface area contributed by atoms with Crippen LogP contribution in [-0.4, -0.2) is 13.1 Å². The van der Waals surface area contributed by atoms with Crippen molar-refractivity contribution in [2.45, 2.75) is 57.4 Å². The predicted octanol–water partition coefficient (Wildman–Crippen LogP) is 4.38. The molecular weight excluding hydrogens is 254 g/mol. The summed E-state index contributed by atoms with van der Waals surface area (Å²) in [5.74, 6) is 4.63. The third-order valence-electron chi connectivity index (χ3n) is 6.71. The highest BCUT2D eigenvalue weighted by molar-refractivity contribution is 5.40. The zero-order chi connectivity index (χ0) is 14.4. The maximum absolute atomic E-state index is 3.74. The van der Waals surface area contributed by atoms with Gasteiger partial charge in [-0.25, -0.2) is 0 Å². The highest BCUT2D eigenvalue weighted by Crippen LogP contribution is 2.62. The van der Waals surface area contributed by atoms with Crippen molar-refractivity contribution in [3.63, 3.8) is 0 Å². The molecule has 1 nitrogen and oxygen atoms in total. The molecule has 3 aliphatic carbocycles. The number of hydrogen-bond acceptors (Lipinski definition) is 1. The van der Waals surface area contributed by atoms with E-state index in [0.717, 1.165) is 35.6 Å². The first-order chi connectivity index (χ1) is 10.3. The summed E-state index contributed by atoms with van der Waals surface area (Å²) in [6.07, 6.45) is 8.52. The minimum absolute atomic E-state index is 0.763. The number of fused-ring (bicyclic) bond motifs is 3. The van der Waals surface area contributed by atoms with Crippen LogP contribution < -0.4 is 5.32 Å². The third-order valence-corrected chi connectivity index (χ3v) is 6.71. The summed E-state index contributed by atoms with van der Waals surface area (Å²) >= 11 is 0. The Bertz CT molecular complexity index is 500. The standard InChI is InChI=1S/C20H29N/c1-13-7-9-15(10-8-13)20(21-2)19-17-12-11-14-5-3-4-6-16(14)18(17)19/h3-6,13,15,17-21H,7-12H2,1-2H3. The van der Waals surface area contributed by atoms with Gasteiger partial charge in [-0.2, -0.15) is 0 Å². The van der Waals surface area contributed by atoms with Gasteiger partial charge in [-0.05, 0) is 73.4 Å². The molecule has 1 N–H and O–H groups in total. The van der Waals surface area contributed by atoms with Crippen LogP contribution in [0.5, 0.6) is 0 Å². The lowest BCUT2D eigenvalue weighted by atomic mass is 9.77. The van der Waals surface area contributed by atoms with E-state index in [0.29, 0.717) is 0 Å². The minimum atomic E-state index is 0.763. The van der Waals surface area contributed by atoms with Crippen molar-refractivity contribution in [3.8, 4) is 0 Å². The van der Waals surface area contributed by atoms with E-state index in [9.17, 15) is 0 Å². The molecule has 0 spiro atoms. The lowest BCUT2D eigenvalue weighted by molar-refractivity contribution is 0.215. The lowest BCUT2D eigenvalue weighted by Crippen LogP contribution is -2.38. The smallest absolute Gasteiger partial charge is 0.0129 e. The number of benzene rings is 1. The Morgan fingerprint density at radius 3 is 2.57 bits per heavy atom. The molecule has 0 aromatic heterocycles. The van der Waals surface area contributed by atoms with Gasteiger partial charge in [0.1, 0.15) is 0 Å². The monoisotopic (exact) mass is 283 g/mol. The van der Waals surface area contributed by atoms with Crippen molar-refractivity contribution in [1.29, 1.82) is 0 Å². The fraction of sp³-hybridized carbons (Fsp3) is 0.700. The van der Waals surface area contributed by atoms with Crippen LogP contribution in [0.4, 0.5) is 0 Å². The fourth-order valence-electron chi connectivity index (χ4n) is 5.50. The molecule has 4 atom stereocenters. The van der Waals surface area contributed by atoms with Crippen LogP contribution in [0.1, 0.15) is 56.1 Å². The van der Waals surface area contributed by atoms with Crippen LogP contribution in [-0.2, 0) is 6.42 Å². The Kier molecular flexibility index (Phi) is 3.57. The first kappa shape index (κ1) is 13.8. The van der Waals surface area contributed by atoms with Crippen molar-refractivity contribution in [2.75, 3.05) is 7.05 Å². The van der Waals surface area contributed by atoms with Crippen LogP contribution in [0, 0.1) is 23.7 Å². The van der Waals surface area contributed by atoms with E-state index in [4.69, 9.17) is 0 Å². The molecule has 2 saturated carbocycles. The molecule has 0 amide bonds. The van der Waals surface area contributed by atoms with Gasteiger partial charge >= 0.3 is 0 Å². The van der Waals surface area contributed by atoms with Crippen molar-refractivity contribution in [3.05, 3.63) is 35.4 Å². The van der Waals surface area contributed by atoms with Crippen LogP contribution in [0.2, 0.25) is 0 Å². The van der Waals surface area contributed by atoms with Crippen LogP contribution >= 0.6 is 0 Å². The summed E-state index contributed by atoms with van der Waals surface area (Å²) in [4.78, 5) is 0. The molecule has 21 heavy (non-hydrogen) atoms. The summed E-state index contributed by atoms with van der Waals surface area (Å²) < 4.78 is 0. The molecule has 4 rings (SSSR count). The number of hydrogen-bond donors (Lipinski definition) is 1. The fourth-order valence-corrected chi connectivity index (χ4v) is 5.50. The second kappa shape index (κ2) is 5.43. The topological polar surface area (TPSA) is 12.0 Å². The molecule has 0 saturated heterocycles. The molecule has 0 bridgehead atoms. The van der Waals surface area contributed by atoms with Gasteiger partial charge in [0.2, 0.25) is 0 Å². The number of aryl methyl sites for hydroxylation is 1. The van der Waals surface area contributed by atoms with Gasteiger partial charge in [0.15, 0.2) is 0 Å². The normalized spacial score (nSPS) is 39.2. The van der Waals surface area contributed by atoms with Gasteiger partial charge < -0.3 is 5.32 Å². The second-order valence-corrected chi connectivity index (χ2v) is 7.84. The van der Waals surface area contributed by atoms with Gasteiger partial charge in [-0.15, -0.1) is 0 Å². The Labute approximate surface area is 129 Å². The van der Waals surface area contributed by atoms with Gasteiger partial charge in [0, 0.05) is 6.04 Å². The SMILES string of the molecule is CNC(C1CCC(C)CC1)C1C2CCc3ccccc3C21. The van der Waals surface area contributed by atoms with E-state index in [1.807, 2.05) is 0 Å². The van der Waals surface area contributed by atoms with Gasteiger partial charge in [0.05, 0.1) is 0 Å². The molecule has 1 aromatic rings. The van der Waals surface area contributed by atoms with Crippen LogP contribution in [0.15, 0.2) is 24.3 Å². The van der Waals surface area contributed by atoms with Gasteiger partial charge in [0.25, 0.3) is 0 Å². The summed E-state index contributed by atoms with van der Waals surface area (Å²) in [6, 6.07) is 9.99. The van der Waals surface area contributed by atoms with E-state index in [-0.39, 0.29) is 0 Å². The predicted molar refractivity (Wildman–Crippen MR) is 88.5 cm³/mol. The van der Waals surface area contributed by atoms with E-state index in [1.165, 1.54) is 38.5 Å². The quantitative estimate of drug-likeness (QED) is 0.868. The lowest BCUT2D eigenvalue weighted by Gasteiger charge is -2.33. The number of rotatable bonds is 3. The highest BCUT2D eigenvalue weighted by Gasteiger charge is 2.57. The Hall–Kier alpha value is -0.820. The molecule has 1 heteroatoms. The first-order valence-corrected chi connectivity index (χ1v) is 9.04. The first-order valence-electron chi connectivity index (χ1n) is 9.04. The van der Waals surface area contributed by atoms with E-state index in [2.05, 4.69) is 43.6 Å². The maximum Gasteiger partial charge on any atom is 0.0129 e. The maximum atomic E-state index is 3.74. The van der Waals surface area contributed by atoms with Crippen molar-refractivity contribution < 1.29 is 0 Å². The van der Waals surface area contributed by atoms with Crippen molar-refractivity contribution >= 4 is 0 Å². The van der Waals surface area contributed by atoms with E-state index in [1.54, 1.807) is 11.1 Å². The average Bonchev–Trinajstić information content (AvgIpc) is 3.25. The molecule has 0 radical (unpaired) electrons. The number of nitrogens with one attached hydrogen (secondary N) is 1. The average molecular weight is 283 g/mol. The molecule has 0 aliphatic heterocycles. The third kappa shape index (κ3) is 2.34. The zero-order valence-corrected chi connectivity index (χ0v) is 13.5. The van der Waals surface area contributed by atoms with Crippen molar-refractivity contribution in [2.24, 2.45) is 23.7 Å². The van der Waals surface area contributed by atoms with Crippen LogP contribution in [0.25, 0.3) is 0 Å². The Morgan fingerprint density at radius 2 is 1.81 bits per heavy atom. The second-order valence-electron chi connectivity index (χ2n) is 7.84. The summed E-state index contributed by atoms with van der Waals surface area (Å²) in [6.45, 7) is 2.43. The van der Waals surface area contributed by atoms with Crippen molar-refractivity contribution in [1.82, 2.24) is 5.32 Å². The molecule has 4 unspecified atom stereocenters. The summed E-state index contributed by atoms with van der Waals surface area (Å²) in [7, 11) is 2.21.